The van der Waals surface area contributed by atoms with E-state index in [9.17, 15) is 4.39 Å². The van der Waals surface area contributed by atoms with Gasteiger partial charge in [-0.2, -0.15) is 0 Å². The Hall–Kier alpha value is -0.290. The summed E-state index contributed by atoms with van der Waals surface area (Å²) in [6.45, 7) is 3.44. The third kappa shape index (κ3) is 3.63. The van der Waals surface area contributed by atoms with E-state index >= 15 is 0 Å². The lowest BCUT2D eigenvalue weighted by Crippen LogP contribution is -2.45. The number of nitrogens with zero attached hydrogens (tertiary/aromatic N) is 1. The highest BCUT2D eigenvalue weighted by atomic mass is 35.5. The van der Waals surface area contributed by atoms with Crippen LogP contribution < -0.4 is 5.32 Å². The van der Waals surface area contributed by atoms with E-state index in [1.165, 1.54) is 0 Å². The van der Waals surface area contributed by atoms with E-state index < -0.39 is 0 Å². The summed E-state index contributed by atoms with van der Waals surface area (Å²) >= 11 is 0. The Morgan fingerprint density at radius 3 is 2.50 bits per heavy atom. The quantitative estimate of drug-likeness (QED) is 0.877. The second-order valence-electron chi connectivity index (χ2n) is 3.58. The van der Waals surface area contributed by atoms with Crippen molar-refractivity contribution in [2.75, 3.05) is 32.9 Å². The van der Waals surface area contributed by atoms with Gasteiger partial charge in [0.1, 0.15) is 6.67 Å². The molecule has 0 spiro atoms. The first kappa shape index (κ1) is 15.7. The van der Waals surface area contributed by atoms with Crippen LogP contribution in [0.3, 0.4) is 0 Å². The number of rotatable bonds is 3. The van der Waals surface area contributed by atoms with Gasteiger partial charge in [-0.1, -0.05) is 0 Å². The Morgan fingerprint density at radius 1 is 1.31 bits per heavy atom. The van der Waals surface area contributed by atoms with Crippen LogP contribution >= 0.6 is 24.8 Å². The molecule has 1 aromatic rings. The summed E-state index contributed by atoms with van der Waals surface area (Å²) in [6.07, 6.45) is 1.85. The van der Waals surface area contributed by atoms with E-state index in [0.29, 0.717) is 0 Å². The Balaban J connectivity index is 0.00000112. The molecule has 1 aliphatic heterocycles. The molecule has 0 aromatic carbocycles. The fourth-order valence-corrected chi connectivity index (χ4v) is 1.92. The van der Waals surface area contributed by atoms with Gasteiger partial charge >= 0.3 is 0 Å². The van der Waals surface area contributed by atoms with Crippen molar-refractivity contribution in [3.8, 4) is 0 Å². The zero-order chi connectivity index (χ0) is 9.80. The number of halogens is 3. The van der Waals surface area contributed by atoms with Crippen molar-refractivity contribution in [1.82, 2.24) is 15.2 Å². The van der Waals surface area contributed by atoms with Gasteiger partial charge in [0.25, 0.3) is 0 Å². The van der Waals surface area contributed by atoms with Gasteiger partial charge in [-0.15, -0.1) is 24.8 Å². The molecular formula is C10H18Cl2FN3. The fraction of sp³-hybridized carbons (Fsp3) is 0.600. The molecular weight excluding hydrogens is 252 g/mol. The molecule has 1 fully saturated rings. The number of hydrogen-bond donors (Lipinski definition) is 2. The zero-order valence-corrected chi connectivity index (χ0v) is 10.6. The van der Waals surface area contributed by atoms with Crippen molar-refractivity contribution >= 4 is 24.8 Å². The number of aromatic amines is 1. The van der Waals surface area contributed by atoms with Crippen molar-refractivity contribution in [3.63, 3.8) is 0 Å². The van der Waals surface area contributed by atoms with E-state index in [-0.39, 0.29) is 37.5 Å². The van der Waals surface area contributed by atoms with Crippen LogP contribution in [0.2, 0.25) is 0 Å². The first-order chi connectivity index (χ1) is 6.92. The van der Waals surface area contributed by atoms with E-state index in [1.54, 1.807) is 0 Å². The standard InChI is InChI=1S/C10H16FN3.2ClH/c11-8-10(9-2-1-3-13-9)14-6-4-12-5-7-14;;/h1-3,10,12-13H,4-8H2;2*1H/t10-;;/m0../s1. The van der Waals surface area contributed by atoms with Gasteiger partial charge in [0.15, 0.2) is 0 Å². The summed E-state index contributed by atoms with van der Waals surface area (Å²) < 4.78 is 12.9. The summed E-state index contributed by atoms with van der Waals surface area (Å²) in [5.74, 6) is 0. The van der Waals surface area contributed by atoms with Crippen LogP contribution in [0, 0.1) is 0 Å². The number of piperazine rings is 1. The highest BCUT2D eigenvalue weighted by Crippen LogP contribution is 2.19. The van der Waals surface area contributed by atoms with E-state index in [2.05, 4.69) is 15.2 Å². The molecule has 1 aromatic heterocycles. The highest BCUT2D eigenvalue weighted by molar-refractivity contribution is 5.85. The van der Waals surface area contributed by atoms with Crippen molar-refractivity contribution in [2.24, 2.45) is 0 Å². The van der Waals surface area contributed by atoms with Gasteiger partial charge in [0.2, 0.25) is 0 Å². The molecule has 94 valence electrons. The maximum Gasteiger partial charge on any atom is 0.111 e. The molecule has 0 radical (unpaired) electrons. The first-order valence-electron chi connectivity index (χ1n) is 5.06. The molecule has 2 N–H and O–H groups in total. The summed E-state index contributed by atoms with van der Waals surface area (Å²) in [4.78, 5) is 5.27. The van der Waals surface area contributed by atoms with Crippen molar-refractivity contribution in [1.29, 1.82) is 0 Å². The lowest BCUT2D eigenvalue weighted by molar-refractivity contribution is 0.145. The van der Waals surface area contributed by atoms with Gasteiger partial charge in [0.05, 0.1) is 6.04 Å². The molecule has 0 amide bonds. The predicted molar refractivity (Wildman–Crippen MR) is 68.4 cm³/mol. The number of H-pyrrole nitrogens is 1. The third-order valence-corrected chi connectivity index (χ3v) is 2.72. The summed E-state index contributed by atoms with van der Waals surface area (Å²) in [5, 5.41) is 3.26. The number of nitrogens with one attached hydrogen (secondary N) is 2. The van der Waals surface area contributed by atoms with Crippen LogP contribution in [0.25, 0.3) is 0 Å². The molecule has 0 aliphatic carbocycles. The van der Waals surface area contributed by atoms with Gasteiger partial charge in [-0.3, -0.25) is 4.90 Å². The van der Waals surface area contributed by atoms with Gasteiger partial charge < -0.3 is 10.3 Å². The average Bonchev–Trinajstić information content (AvgIpc) is 2.74. The van der Waals surface area contributed by atoms with Crippen molar-refractivity contribution in [3.05, 3.63) is 24.0 Å². The van der Waals surface area contributed by atoms with Crippen LogP contribution in [0.15, 0.2) is 18.3 Å². The van der Waals surface area contributed by atoms with Crippen molar-refractivity contribution < 1.29 is 4.39 Å². The Bertz CT molecular complexity index is 263. The smallest absolute Gasteiger partial charge is 0.111 e. The predicted octanol–water partition coefficient (Wildman–Crippen LogP) is 1.77. The van der Waals surface area contributed by atoms with E-state index in [1.807, 2.05) is 18.3 Å². The second-order valence-corrected chi connectivity index (χ2v) is 3.58. The summed E-state index contributed by atoms with van der Waals surface area (Å²) in [5.41, 5.74) is 0.981. The highest BCUT2D eigenvalue weighted by Gasteiger charge is 2.22. The monoisotopic (exact) mass is 269 g/mol. The first-order valence-corrected chi connectivity index (χ1v) is 5.06. The van der Waals surface area contributed by atoms with Crippen LogP contribution in [-0.2, 0) is 0 Å². The minimum atomic E-state index is -0.319. The maximum atomic E-state index is 12.9. The van der Waals surface area contributed by atoms with Crippen LogP contribution in [0.1, 0.15) is 11.7 Å². The molecule has 16 heavy (non-hydrogen) atoms. The second kappa shape index (κ2) is 7.90. The minimum absolute atomic E-state index is 0. The van der Waals surface area contributed by atoms with Crippen LogP contribution in [0.5, 0.6) is 0 Å². The number of hydrogen-bond acceptors (Lipinski definition) is 2. The Labute approximate surface area is 108 Å². The van der Waals surface area contributed by atoms with Crippen LogP contribution in [0.4, 0.5) is 4.39 Å². The average molecular weight is 270 g/mol. The van der Waals surface area contributed by atoms with Crippen molar-refractivity contribution in [2.45, 2.75) is 6.04 Å². The molecule has 0 bridgehead atoms. The molecule has 6 heteroatoms. The fourth-order valence-electron chi connectivity index (χ4n) is 1.92. The number of aromatic nitrogens is 1. The Morgan fingerprint density at radius 2 is 2.00 bits per heavy atom. The number of alkyl halides is 1. The molecule has 2 rings (SSSR count). The summed E-state index contributed by atoms with van der Waals surface area (Å²) in [6, 6.07) is 3.78. The topological polar surface area (TPSA) is 31.1 Å². The Kier molecular flexibility index (Phi) is 7.76. The minimum Gasteiger partial charge on any atom is -0.364 e. The van der Waals surface area contributed by atoms with Gasteiger partial charge in [0, 0.05) is 38.1 Å². The largest absolute Gasteiger partial charge is 0.364 e. The maximum absolute atomic E-state index is 12.9. The molecule has 1 saturated heterocycles. The van der Waals surface area contributed by atoms with Gasteiger partial charge in [-0.25, -0.2) is 4.39 Å². The van der Waals surface area contributed by atoms with E-state index in [0.717, 1.165) is 31.9 Å². The lowest BCUT2D eigenvalue weighted by Gasteiger charge is -2.32. The molecule has 1 aliphatic rings. The molecule has 3 nitrogen and oxygen atoms in total. The van der Waals surface area contributed by atoms with Gasteiger partial charge in [-0.05, 0) is 12.1 Å². The normalized spacial score (nSPS) is 18.3. The molecule has 0 saturated carbocycles. The van der Waals surface area contributed by atoms with E-state index in [4.69, 9.17) is 0 Å². The third-order valence-electron chi connectivity index (χ3n) is 2.72. The molecule has 2 heterocycles. The summed E-state index contributed by atoms with van der Waals surface area (Å²) in [7, 11) is 0. The molecule has 0 unspecified atom stereocenters. The molecule has 1 atom stereocenters. The lowest BCUT2D eigenvalue weighted by atomic mass is 10.2. The SMILES string of the molecule is Cl.Cl.FC[C@@H](c1ccc[nH]1)N1CCNCC1. The van der Waals surface area contributed by atoms with Crippen LogP contribution in [-0.4, -0.2) is 42.7 Å². The zero-order valence-electron chi connectivity index (χ0n) is 8.99.